The Kier molecular flexibility index (Phi) is 5.47. The third kappa shape index (κ3) is 3.89. The molecular formula is C19H21N3OS3. The van der Waals surface area contributed by atoms with Crippen LogP contribution in [-0.2, 0) is 4.79 Å². The molecule has 0 atom stereocenters. The zero-order chi connectivity index (χ0) is 17.9. The molecule has 1 N–H and O–H groups in total. The maximum Gasteiger partial charge on any atom is 0.233 e. The van der Waals surface area contributed by atoms with Gasteiger partial charge in [-0.1, -0.05) is 30.8 Å². The molecular weight excluding hydrogens is 382 g/mol. The minimum absolute atomic E-state index is 0.216. The topological polar surface area (TPSA) is 49.0 Å². The van der Waals surface area contributed by atoms with E-state index in [0.29, 0.717) is 5.75 Å². The molecule has 3 aromatic rings. The Morgan fingerprint density at radius 3 is 2.58 bits per heavy atom. The second-order valence-electron chi connectivity index (χ2n) is 6.57. The van der Waals surface area contributed by atoms with Crippen molar-refractivity contribution in [3.63, 3.8) is 0 Å². The third-order valence-corrected chi connectivity index (χ3v) is 7.29. The number of likely N-dealkylation sites (tertiary alicyclic amines) is 1. The monoisotopic (exact) mass is 403 g/mol. The van der Waals surface area contributed by atoms with Crippen LogP contribution in [0.25, 0.3) is 21.1 Å². The number of thioether (sulfide) groups is 1. The number of thiophene rings is 2. The second kappa shape index (κ2) is 7.98. The molecule has 1 aliphatic heterocycles. The number of amides is 1. The van der Waals surface area contributed by atoms with Crippen molar-refractivity contribution < 1.29 is 4.79 Å². The summed E-state index contributed by atoms with van der Waals surface area (Å²) >= 11 is 4.89. The van der Waals surface area contributed by atoms with Crippen LogP contribution in [0.4, 0.5) is 0 Å². The molecule has 1 fully saturated rings. The van der Waals surface area contributed by atoms with Crippen molar-refractivity contribution in [2.45, 2.75) is 24.9 Å². The number of aromatic nitrogens is 2. The van der Waals surface area contributed by atoms with Gasteiger partial charge in [0.2, 0.25) is 5.91 Å². The van der Waals surface area contributed by atoms with Crippen LogP contribution >= 0.6 is 34.4 Å². The fraction of sp³-hybridized carbons (Fsp3) is 0.368. The van der Waals surface area contributed by atoms with Gasteiger partial charge in [0.05, 0.1) is 21.2 Å². The summed E-state index contributed by atoms with van der Waals surface area (Å²) < 4.78 is 0. The lowest BCUT2D eigenvalue weighted by Gasteiger charge is -2.30. The number of hydrogen-bond donors (Lipinski definition) is 1. The van der Waals surface area contributed by atoms with Gasteiger partial charge in [0.25, 0.3) is 0 Å². The van der Waals surface area contributed by atoms with Crippen LogP contribution in [0.1, 0.15) is 19.8 Å². The van der Waals surface area contributed by atoms with Gasteiger partial charge < -0.3 is 9.88 Å². The zero-order valence-corrected chi connectivity index (χ0v) is 17.1. The van der Waals surface area contributed by atoms with Crippen molar-refractivity contribution in [2.24, 2.45) is 5.92 Å². The van der Waals surface area contributed by atoms with E-state index >= 15 is 0 Å². The number of hydrogen-bond acceptors (Lipinski definition) is 5. The fourth-order valence-corrected chi connectivity index (χ4v) is 5.31. The second-order valence-corrected chi connectivity index (χ2v) is 9.43. The summed E-state index contributed by atoms with van der Waals surface area (Å²) in [7, 11) is 0. The van der Waals surface area contributed by atoms with E-state index in [-0.39, 0.29) is 5.91 Å². The zero-order valence-electron chi connectivity index (χ0n) is 14.6. The predicted molar refractivity (Wildman–Crippen MR) is 111 cm³/mol. The molecule has 0 unspecified atom stereocenters. The molecule has 0 spiro atoms. The van der Waals surface area contributed by atoms with E-state index in [2.05, 4.69) is 34.8 Å². The van der Waals surface area contributed by atoms with E-state index < -0.39 is 0 Å². The number of carbonyl (C=O) groups is 1. The van der Waals surface area contributed by atoms with E-state index in [0.717, 1.165) is 53.3 Å². The van der Waals surface area contributed by atoms with Crippen molar-refractivity contribution in [2.75, 3.05) is 18.8 Å². The van der Waals surface area contributed by atoms with Crippen LogP contribution in [0, 0.1) is 5.92 Å². The Hall–Kier alpha value is -1.57. The lowest BCUT2D eigenvalue weighted by molar-refractivity contribution is -0.129. The SMILES string of the molecule is CC1CCN(C(=O)CSc2nc(-c3cccs3)c(-c3cccs3)[nH]2)CC1. The average Bonchev–Trinajstić information content (AvgIpc) is 3.40. The maximum absolute atomic E-state index is 12.5. The highest BCUT2D eigenvalue weighted by molar-refractivity contribution is 7.99. The molecule has 1 saturated heterocycles. The third-order valence-electron chi connectivity index (χ3n) is 4.67. The van der Waals surface area contributed by atoms with Crippen molar-refractivity contribution in [3.05, 3.63) is 35.0 Å². The number of aromatic amines is 1. The van der Waals surface area contributed by atoms with Gasteiger partial charge in [-0.2, -0.15) is 0 Å². The average molecular weight is 404 g/mol. The molecule has 3 aromatic heterocycles. The van der Waals surface area contributed by atoms with Crippen LogP contribution in [0.5, 0.6) is 0 Å². The Morgan fingerprint density at radius 2 is 1.92 bits per heavy atom. The van der Waals surface area contributed by atoms with Crippen molar-refractivity contribution in [1.82, 2.24) is 14.9 Å². The number of rotatable bonds is 5. The first kappa shape index (κ1) is 17.8. The molecule has 136 valence electrons. The highest BCUT2D eigenvalue weighted by Crippen LogP contribution is 2.36. The number of H-pyrrole nitrogens is 1. The van der Waals surface area contributed by atoms with Crippen molar-refractivity contribution in [3.8, 4) is 21.1 Å². The standard InChI is InChI=1S/C19H21N3OS3/c1-13-6-8-22(9-7-13)16(23)12-26-19-20-17(14-4-2-10-24-14)18(21-19)15-5-3-11-25-15/h2-5,10-11,13H,6-9,12H2,1H3,(H,20,21). The Labute approximate surface area is 165 Å². The van der Waals surface area contributed by atoms with Crippen molar-refractivity contribution in [1.29, 1.82) is 0 Å². The lowest BCUT2D eigenvalue weighted by Crippen LogP contribution is -2.38. The van der Waals surface area contributed by atoms with Gasteiger partial charge in [0.15, 0.2) is 5.16 Å². The molecule has 0 aromatic carbocycles. The van der Waals surface area contributed by atoms with Crippen LogP contribution in [0.2, 0.25) is 0 Å². The number of piperidine rings is 1. The van der Waals surface area contributed by atoms with E-state index in [1.807, 2.05) is 17.0 Å². The first-order valence-electron chi connectivity index (χ1n) is 8.79. The molecule has 26 heavy (non-hydrogen) atoms. The summed E-state index contributed by atoms with van der Waals surface area (Å²) in [5.74, 6) is 1.39. The van der Waals surface area contributed by atoms with Gasteiger partial charge in [-0.25, -0.2) is 4.98 Å². The van der Waals surface area contributed by atoms with Crippen LogP contribution in [0.15, 0.2) is 40.2 Å². The Morgan fingerprint density at radius 1 is 1.23 bits per heavy atom. The van der Waals surface area contributed by atoms with Crippen LogP contribution < -0.4 is 0 Å². The summed E-state index contributed by atoms with van der Waals surface area (Å²) in [6.45, 7) is 4.04. The fourth-order valence-electron chi connectivity index (χ4n) is 3.09. The Bertz CT molecular complexity index is 795. The molecule has 0 aliphatic carbocycles. The highest BCUT2D eigenvalue weighted by atomic mass is 32.2. The molecule has 4 rings (SSSR count). The molecule has 7 heteroatoms. The molecule has 4 heterocycles. The normalized spacial score (nSPS) is 15.5. The first-order valence-corrected chi connectivity index (χ1v) is 11.5. The number of carbonyl (C=O) groups excluding carboxylic acids is 1. The van der Waals surface area contributed by atoms with Gasteiger partial charge in [0.1, 0.15) is 5.69 Å². The minimum atomic E-state index is 0.216. The van der Waals surface area contributed by atoms with Gasteiger partial charge in [-0.3, -0.25) is 4.79 Å². The van der Waals surface area contributed by atoms with Gasteiger partial charge in [-0.05, 0) is 41.7 Å². The van der Waals surface area contributed by atoms with Gasteiger partial charge >= 0.3 is 0 Å². The van der Waals surface area contributed by atoms with E-state index in [1.165, 1.54) is 16.6 Å². The summed E-state index contributed by atoms with van der Waals surface area (Å²) in [6.07, 6.45) is 2.23. The van der Waals surface area contributed by atoms with E-state index in [1.54, 1.807) is 22.7 Å². The smallest absolute Gasteiger partial charge is 0.233 e. The molecule has 0 saturated carbocycles. The lowest BCUT2D eigenvalue weighted by atomic mass is 9.99. The summed E-state index contributed by atoms with van der Waals surface area (Å²) in [6, 6.07) is 8.28. The Balaban J connectivity index is 1.49. The van der Waals surface area contributed by atoms with Crippen LogP contribution in [0.3, 0.4) is 0 Å². The number of nitrogens with one attached hydrogen (secondary N) is 1. The van der Waals surface area contributed by atoms with E-state index in [4.69, 9.17) is 4.98 Å². The maximum atomic E-state index is 12.5. The summed E-state index contributed by atoms with van der Waals surface area (Å²) in [5.41, 5.74) is 2.02. The largest absolute Gasteiger partial charge is 0.342 e. The summed E-state index contributed by atoms with van der Waals surface area (Å²) in [4.78, 5) is 25.0. The number of imidazole rings is 1. The summed E-state index contributed by atoms with van der Waals surface area (Å²) in [5, 5.41) is 4.95. The molecule has 1 aliphatic rings. The quantitative estimate of drug-likeness (QED) is 0.594. The number of nitrogens with zero attached hydrogens (tertiary/aromatic N) is 2. The first-order chi connectivity index (χ1) is 12.7. The minimum Gasteiger partial charge on any atom is -0.342 e. The highest BCUT2D eigenvalue weighted by Gasteiger charge is 2.21. The molecule has 1 amide bonds. The van der Waals surface area contributed by atoms with Gasteiger partial charge in [0, 0.05) is 13.1 Å². The van der Waals surface area contributed by atoms with E-state index in [9.17, 15) is 4.79 Å². The molecule has 0 bridgehead atoms. The van der Waals surface area contributed by atoms with Crippen molar-refractivity contribution >= 4 is 40.3 Å². The van der Waals surface area contributed by atoms with Gasteiger partial charge in [-0.15, -0.1) is 22.7 Å². The predicted octanol–water partition coefficient (Wildman–Crippen LogP) is 5.22. The molecule has 4 nitrogen and oxygen atoms in total. The van der Waals surface area contributed by atoms with Crippen LogP contribution in [-0.4, -0.2) is 39.6 Å². The molecule has 0 radical (unpaired) electrons.